The number of halogens is 1. The van der Waals surface area contributed by atoms with Crippen LogP contribution in [0.4, 0.5) is 10.1 Å². The number of benzene rings is 1. The first-order valence-corrected chi connectivity index (χ1v) is 6.86. The molecule has 2 N–H and O–H groups in total. The van der Waals surface area contributed by atoms with Crippen LogP contribution in [0.1, 0.15) is 50.5 Å². The fraction of sp³-hybridized carbons (Fsp3) is 0.533. The van der Waals surface area contributed by atoms with Crippen LogP contribution in [0.3, 0.4) is 0 Å². The zero-order valence-corrected chi connectivity index (χ0v) is 11.2. The largest absolute Gasteiger partial charge is 0.481 e. The lowest BCUT2D eigenvalue weighted by atomic mass is 9.95. The molecule has 104 valence electrons. The second kappa shape index (κ2) is 6.04. The number of hydrogen-bond acceptors (Lipinski definition) is 2. The molecule has 2 rings (SSSR count). The molecule has 1 unspecified atom stereocenters. The molecule has 1 aliphatic rings. The normalized spacial score (nSPS) is 18.0. The van der Waals surface area contributed by atoms with Crippen molar-refractivity contribution in [1.29, 1.82) is 0 Å². The molecule has 3 nitrogen and oxygen atoms in total. The van der Waals surface area contributed by atoms with Crippen molar-refractivity contribution < 1.29 is 14.3 Å². The van der Waals surface area contributed by atoms with Gasteiger partial charge in [0.05, 0.1) is 5.92 Å². The number of carbonyl (C=O) groups is 1. The van der Waals surface area contributed by atoms with Crippen molar-refractivity contribution in [3.05, 3.63) is 29.6 Å². The highest BCUT2D eigenvalue weighted by Crippen LogP contribution is 2.25. The zero-order valence-electron chi connectivity index (χ0n) is 11.2. The van der Waals surface area contributed by atoms with Crippen LogP contribution >= 0.6 is 0 Å². The Morgan fingerprint density at radius 1 is 1.37 bits per heavy atom. The molecule has 0 radical (unpaired) electrons. The summed E-state index contributed by atoms with van der Waals surface area (Å²) in [6.07, 6.45) is 5.95. The van der Waals surface area contributed by atoms with Gasteiger partial charge in [0.1, 0.15) is 5.82 Å². The summed E-state index contributed by atoms with van der Waals surface area (Å²) in [6, 6.07) is 5.16. The molecule has 0 aromatic heterocycles. The van der Waals surface area contributed by atoms with Gasteiger partial charge in [-0.1, -0.05) is 25.3 Å². The van der Waals surface area contributed by atoms with E-state index in [4.69, 9.17) is 5.11 Å². The Bertz CT molecular complexity index is 455. The van der Waals surface area contributed by atoms with Gasteiger partial charge in [-0.3, -0.25) is 4.79 Å². The van der Waals surface area contributed by atoms with Crippen LogP contribution in [0, 0.1) is 5.82 Å². The third-order valence-electron chi connectivity index (χ3n) is 3.81. The first kappa shape index (κ1) is 13.8. The molecule has 0 bridgehead atoms. The Balaban J connectivity index is 2.07. The Morgan fingerprint density at radius 3 is 2.63 bits per heavy atom. The predicted molar refractivity (Wildman–Crippen MR) is 72.9 cm³/mol. The highest BCUT2D eigenvalue weighted by atomic mass is 19.1. The molecular weight excluding hydrogens is 245 g/mol. The minimum Gasteiger partial charge on any atom is -0.481 e. The Labute approximate surface area is 112 Å². The van der Waals surface area contributed by atoms with Crippen LogP contribution in [-0.2, 0) is 4.79 Å². The minimum absolute atomic E-state index is 0.238. The summed E-state index contributed by atoms with van der Waals surface area (Å²) in [7, 11) is 0. The summed E-state index contributed by atoms with van der Waals surface area (Å²) in [6.45, 7) is 1.50. The van der Waals surface area contributed by atoms with E-state index < -0.39 is 17.7 Å². The maximum absolute atomic E-state index is 13.9. The number of rotatable bonds is 4. The first-order valence-electron chi connectivity index (χ1n) is 6.86. The van der Waals surface area contributed by atoms with Crippen molar-refractivity contribution in [3.8, 4) is 0 Å². The van der Waals surface area contributed by atoms with Crippen molar-refractivity contribution >= 4 is 11.7 Å². The van der Waals surface area contributed by atoms with E-state index in [0.717, 1.165) is 18.5 Å². The second-order valence-electron chi connectivity index (χ2n) is 5.28. The fourth-order valence-corrected chi connectivity index (χ4v) is 2.58. The summed E-state index contributed by atoms with van der Waals surface area (Å²) in [5, 5.41) is 12.2. The van der Waals surface area contributed by atoms with E-state index in [1.54, 1.807) is 12.1 Å². The van der Waals surface area contributed by atoms with Gasteiger partial charge in [0.15, 0.2) is 0 Å². The molecule has 1 atom stereocenters. The van der Waals surface area contributed by atoms with Crippen molar-refractivity contribution in [2.75, 3.05) is 5.32 Å². The second-order valence-corrected chi connectivity index (χ2v) is 5.28. The van der Waals surface area contributed by atoms with Gasteiger partial charge in [-0.05, 0) is 31.9 Å². The molecule has 4 heteroatoms. The van der Waals surface area contributed by atoms with Crippen molar-refractivity contribution in [2.24, 2.45) is 0 Å². The Hall–Kier alpha value is -1.58. The average Bonchev–Trinajstić information content (AvgIpc) is 2.39. The van der Waals surface area contributed by atoms with Gasteiger partial charge in [-0.2, -0.15) is 0 Å². The number of hydrogen-bond donors (Lipinski definition) is 2. The third-order valence-corrected chi connectivity index (χ3v) is 3.81. The number of carboxylic acid groups (broad SMARTS) is 1. The molecule has 0 heterocycles. The van der Waals surface area contributed by atoms with E-state index >= 15 is 0 Å². The van der Waals surface area contributed by atoms with Gasteiger partial charge in [-0.15, -0.1) is 0 Å². The van der Waals surface area contributed by atoms with Crippen LogP contribution < -0.4 is 5.32 Å². The van der Waals surface area contributed by atoms with Gasteiger partial charge in [0, 0.05) is 17.3 Å². The summed E-state index contributed by atoms with van der Waals surface area (Å²) in [4.78, 5) is 10.9. The van der Waals surface area contributed by atoms with Crippen molar-refractivity contribution in [2.45, 2.75) is 51.0 Å². The van der Waals surface area contributed by atoms with Crippen molar-refractivity contribution in [1.82, 2.24) is 0 Å². The Kier molecular flexibility index (Phi) is 4.40. The van der Waals surface area contributed by atoms with Gasteiger partial charge >= 0.3 is 5.97 Å². The van der Waals surface area contributed by atoms with Crippen LogP contribution in [-0.4, -0.2) is 17.1 Å². The molecule has 0 amide bonds. The molecule has 0 aliphatic heterocycles. The van der Waals surface area contributed by atoms with Crippen molar-refractivity contribution in [3.63, 3.8) is 0 Å². The van der Waals surface area contributed by atoms with E-state index in [0.29, 0.717) is 6.04 Å². The number of anilines is 1. The SMILES string of the molecule is CC(C(=O)O)c1ccc(NC2CCCCC2)cc1F. The van der Waals surface area contributed by atoms with Crippen LogP contribution in [0.25, 0.3) is 0 Å². The molecule has 0 spiro atoms. The quantitative estimate of drug-likeness (QED) is 0.871. The maximum atomic E-state index is 13.9. The standard InChI is InChI=1S/C15H20FNO2/c1-10(15(18)19)13-8-7-12(9-14(13)16)17-11-5-3-2-4-6-11/h7-11,17H,2-6H2,1H3,(H,18,19). The summed E-state index contributed by atoms with van der Waals surface area (Å²) < 4.78 is 13.9. The van der Waals surface area contributed by atoms with Crippen LogP contribution in [0.2, 0.25) is 0 Å². The van der Waals surface area contributed by atoms with Crippen LogP contribution in [0.5, 0.6) is 0 Å². The average molecular weight is 265 g/mol. The lowest BCUT2D eigenvalue weighted by Gasteiger charge is -2.24. The topological polar surface area (TPSA) is 49.3 Å². The molecule has 1 fully saturated rings. The molecule has 1 aliphatic carbocycles. The lowest BCUT2D eigenvalue weighted by molar-refractivity contribution is -0.138. The third kappa shape index (κ3) is 3.46. The highest BCUT2D eigenvalue weighted by molar-refractivity contribution is 5.75. The molecule has 1 aromatic carbocycles. The molecule has 0 saturated heterocycles. The minimum atomic E-state index is -1.01. The molecule has 19 heavy (non-hydrogen) atoms. The fourth-order valence-electron chi connectivity index (χ4n) is 2.58. The van der Waals surface area contributed by atoms with E-state index in [2.05, 4.69) is 5.32 Å². The predicted octanol–water partition coefficient (Wildman–Crippen LogP) is 3.76. The van der Waals surface area contributed by atoms with E-state index in [1.807, 2.05) is 0 Å². The Morgan fingerprint density at radius 2 is 2.05 bits per heavy atom. The van der Waals surface area contributed by atoms with Gasteiger partial charge in [-0.25, -0.2) is 4.39 Å². The van der Waals surface area contributed by atoms with Gasteiger partial charge in [0.2, 0.25) is 0 Å². The molecular formula is C15H20FNO2. The smallest absolute Gasteiger partial charge is 0.310 e. The number of nitrogens with one attached hydrogen (secondary N) is 1. The highest BCUT2D eigenvalue weighted by Gasteiger charge is 2.19. The summed E-state index contributed by atoms with van der Waals surface area (Å²) in [5.74, 6) is -2.27. The lowest BCUT2D eigenvalue weighted by Crippen LogP contribution is -2.22. The number of aliphatic carboxylic acids is 1. The van der Waals surface area contributed by atoms with Gasteiger partial charge in [0.25, 0.3) is 0 Å². The monoisotopic (exact) mass is 265 g/mol. The van der Waals surface area contributed by atoms with E-state index in [1.165, 1.54) is 32.3 Å². The number of carboxylic acids is 1. The summed E-state index contributed by atoms with van der Waals surface area (Å²) >= 11 is 0. The van der Waals surface area contributed by atoms with E-state index in [9.17, 15) is 9.18 Å². The summed E-state index contributed by atoms with van der Waals surface area (Å²) in [5.41, 5.74) is 0.979. The molecule has 1 aromatic rings. The first-order chi connectivity index (χ1) is 9.08. The maximum Gasteiger partial charge on any atom is 0.310 e. The zero-order chi connectivity index (χ0) is 13.8. The van der Waals surface area contributed by atoms with Gasteiger partial charge < -0.3 is 10.4 Å². The van der Waals surface area contributed by atoms with Crippen LogP contribution in [0.15, 0.2) is 18.2 Å². The molecule has 1 saturated carbocycles. The van der Waals surface area contributed by atoms with E-state index in [-0.39, 0.29) is 5.56 Å².